The molecule has 9 heteroatoms. The number of anilines is 3. The fourth-order valence-electron chi connectivity index (χ4n) is 2.74. The van der Waals surface area contributed by atoms with Gasteiger partial charge < -0.3 is 16.4 Å². The molecule has 148 valence electrons. The minimum Gasteiger partial charge on any atom is -0.367 e. The molecular formula is C20H19N5O3S. The van der Waals surface area contributed by atoms with E-state index < -0.39 is 15.7 Å². The Bertz CT molecular complexity index is 1140. The highest BCUT2D eigenvalue weighted by atomic mass is 32.2. The Balaban J connectivity index is 1.55. The maximum atomic E-state index is 12.7. The lowest BCUT2D eigenvalue weighted by Gasteiger charge is -2.11. The Morgan fingerprint density at radius 2 is 1.66 bits per heavy atom. The summed E-state index contributed by atoms with van der Waals surface area (Å²) in [5, 5.41) is 6.18. The van der Waals surface area contributed by atoms with Gasteiger partial charge in [-0.3, -0.25) is 4.79 Å². The van der Waals surface area contributed by atoms with E-state index in [1.807, 2.05) is 0 Å². The molecule has 0 atom stereocenters. The Morgan fingerprint density at radius 1 is 1.00 bits per heavy atom. The van der Waals surface area contributed by atoms with E-state index in [2.05, 4.69) is 20.6 Å². The van der Waals surface area contributed by atoms with E-state index in [0.717, 1.165) is 12.8 Å². The first-order valence-corrected chi connectivity index (χ1v) is 10.5. The van der Waals surface area contributed by atoms with Crippen LogP contribution in [0.25, 0.3) is 0 Å². The van der Waals surface area contributed by atoms with E-state index in [4.69, 9.17) is 5.73 Å². The average Bonchev–Trinajstić information content (AvgIpc) is 3.53. The molecule has 0 spiro atoms. The van der Waals surface area contributed by atoms with E-state index >= 15 is 0 Å². The largest absolute Gasteiger partial charge is 0.367 e. The summed E-state index contributed by atoms with van der Waals surface area (Å²) in [6, 6.07) is 14.8. The molecule has 0 aliphatic heterocycles. The van der Waals surface area contributed by atoms with Crippen LogP contribution in [0.5, 0.6) is 0 Å². The summed E-state index contributed by atoms with van der Waals surface area (Å²) in [5.41, 5.74) is 6.22. The van der Waals surface area contributed by atoms with Crippen LogP contribution in [-0.4, -0.2) is 30.3 Å². The van der Waals surface area contributed by atoms with E-state index in [-0.39, 0.29) is 21.3 Å². The second-order valence-corrected chi connectivity index (χ2v) is 8.65. The van der Waals surface area contributed by atoms with Gasteiger partial charge in [-0.2, -0.15) is 4.98 Å². The zero-order chi connectivity index (χ0) is 20.4. The number of nitrogens with zero attached hydrogens (tertiary/aromatic N) is 2. The summed E-state index contributed by atoms with van der Waals surface area (Å²) in [7, 11) is -3.58. The minimum absolute atomic E-state index is 0.190. The summed E-state index contributed by atoms with van der Waals surface area (Å²) in [5.74, 6) is 0.0627. The number of carbonyl (C=O) groups is 1. The van der Waals surface area contributed by atoms with E-state index in [9.17, 15) is 13.2 Å². The molecule has 0 saturated heterocycles. The molecule has 1 saturated carbocycles. The topological polar surface area (TPSA) is 127 Å². The molecule has 0 bridgehead atoms. The predicted molar refractivity (Wildman–Crippen MR) is 109 cm³/mol. The maximum absolute atomic E-state index is 12.7. The Morgan fingerprint density at radius 3 is 2.28 bits per heavy atom. The summed E-state index contributed by atoms with van der Waals surface area (Å²) >= 11 is 0. The van der Waals surface area contributed by atoms with Gasteiger partial charge >= 0.3 is 0 Å². The molecule has 1 heterocycles. The second-order valence-electron chi connectivity index (χ2n) is 6.70. The van der Waals surface area contributed by atoms with Crippen molar-refractivity contribution in [1.82, 2.24) is 9.97 Å². The third kappa shape index (κ3) is 4.19. The summed E-state index contributed by atoms with van der Waals surface area (Å²) in [4.78, 5) is 20.5. The fraction of sp³-hybridized carbons (Fsp3) is 0.150. The summed E-state index contributed by atoms with van der Waals surface area (Å²) in [6.07, 6.45) is 3.40. The number of carbonyl (C=O) groups excluding carboxylic acids is 1. The van der Waals surface area contributed by atoms with Crippen LogP contribution < -0.4 is 16.4 Å². The van der Waals surface area contributed by atoms with E-state index in [0.29, 0.717) is 17.5 Å². The molecule has 3 aromatic rings. The Hall–Kier alpha value is -3.46. The van der Waals surface area contributed by atoms with Gasteiger partial charge in [-0.1, -0.05) is 18.2 Å². The molecular weight excluding hydrogens is 390 g/mol. The number of rotatable bonds is 7. The van der Waals surface area contributed by atoms with Crippen molar-refractivity contribution in [2.75, 3.05) is 10.6 Å². The average molecular weight is 409 g/mol. The third-order valence-electron chi connectivity index (χ3n) is 4.45. The number of sulfone groups is 1. The van der Waals surface area contributed by atoms with Gasteiger partial charge in [0.1, 0.15) is 5.82 Å². The lowest BCUT2D eigenvalue weighted by atomic mass is 10.3. The number of benzene rings is 2. The molecule has 4 rings (SSSR count). The van der Waals surface area contributed by atoms with Crippen molar-refractivity contribution in [3.8, 4) is 0 Å². The quantitative estimate of drug-likeness (QED) is 0.547. The van der Waals surface area contributed by atoms with Crippen molar-refractivity contribution in [2.24, 2.45) is 5.73 Å². The van der Waals surface area contributed by atoms with Crippen LogP contribution >= 0.6 is 0 Å². The smallest absolute Gasteiger partial charge is 0.254 e. The zero-order valence-electron chi connectivity index (χ0n) is 15.4. The SMILES string of the molecule is NC(=O)c1cnc(Nc2ccc(S(=O)(=O)c3ccccc3)cc2)nc1NC1CC1. The van der Waals surface area contributed by atoms with Crippen LogP contribution in [0.3, 0.4) is 0 Å². The first-order valence-electron chi connectivity index (χ1n) is 9.04. The Kier molecular flexibility index (Phi) is 4.89. The van der Waals surface area contributed by atoms with Gasteiger partial charge in [-0.15, -0.1) is 0 Å². The van der Waals surface area contributed by atoms with Crippen LogP contribution in [0.2, 0.25) is 0 Å². The van der Waals surface area contributed by atoms with Gasteiger partial charge in [-0.25, -0.2) is 13.4 Å². The molecule has 1 amide bonds. The van der Waals surface area contributed by atoms with Gasteiger partial charge in [0.2, 0.25) is 15.8 Å². The number of amides is 1. The highest BCUT2D eigenvalue weighted by molar-refractivity contribution is 7.91. The van der Waals surface area contributed by atoms with E-state index in [1.165, 1.54) is 18.3 Å². The molecule has 1 aliphatic carbocycles. The van der Waals surface area contributed by atoms with Crippen LogP contribution in [0.4, 0.5) is 17.5 Å². The van der Waals surface area contributed by atoms with Crippen molar-refractivity contribution in [3.63, 3.8) is 0 Å². The van der Waals surface area contributed by atoms with Gasteiger partial charge in [0.15, 0.2) is 0 Å². The normalized spacial score (nSPS) is 13.7. The predicted octanol–water partition coefficient (Wildman–Crippen LogP) is 2.73. The highest BCUT2D eigenvalue weighted by Gasteiger charge is 2.24. The van der Waals surface area contributed by atoms with E-state index in [1.54, 1.807) is 42.5 Å². The lowest BCUT2D eigenvalue weighted by Crippen LogP contribution is -2.17. The number of nitrogens with one attached hydrogen (secondary N) is 2. The molecule has 29 heavy (non-hydrogen) atoms. The number of primary amides is 1. The molecule has 4 N–H and O–H groups in total. The van der Waals surface area contributed by atoms with Gasteiger partial charge in [0, 0.05) is 17.9 Å². The van der Waals surface area contributed by atoms with Crippen molar-refractivity contribution < 1.29 is 13.2 Å². The van der Waals surface area contributed by atoms with Crippen LogP contribution in [0, 0.1) is 0 Å². The first kappa shape index (κ1) is 18.9. The number of nitrogens with two attached hydrogens (primary N) is 1. The number of hydrogen-bond donors (Lipinski definition) is 3. The molecule has 1 fully saturated rings. The lowest BCUT2D eigenvalue weighted by molar-refractivity contribution is 0.100. The molecule has 2 aromatic carbocycles. The monoisotopic (exact) mass is 409 g/mol. The van der Waals surface area contributed by atoms with Crippen LogP contribution in [-0.2, 0) is 9.84 Å². The van der Waals surface area contributed by atoms with Crippen molar-refractivity contribution in [2.45, 2.75) is 28.7 Å². The Labute approximate surface area is 168 Å². The van der Waals surface area contributed by atoms with Gasteiger partial charge in [0.05, 0.1) is 15.4 Å². The van der Waals surface area contributed by atoms with Gasteiger partial charge in [0.25, 0.3) is 5.91 Å². The molecule has 1 aromatic heterocycles. The van der Waals surface area contributed by atoms with Crippen molar-refractivity contribution >= 4 is 33.2 Å². The van der Waals surface area contributed by atoms with Crippen molar-refractivity contribution in [1.29, 1.82) is 0 Å². The van der Waals surface area contributed by atoms with Gasteiger partial charge in [-0.05, 0) is 49.2 Å². The second kappa shape index (κ2) is 7.51. The summed E-state index contributed by atoms with van der Waals surface area (Å²) in [6.45, 7) is 0. The standard InChI is InChI=1S/C20H19N5O3S/c21-18(26)17-12-22-20(25-19(17)23-13-6-7-13)24-14-8-10-16(11-9-14)29(27,28)15-4-2-1-3-5-15/h1-5,8-13H,6-7H2,(H2,21,26)(H2,22,23,24,25). The highest BCUT2D eigenvalue weighted by Crippen LogP contribution is 2.27. The minimum atomic E-state index is -3.58. The molecule has 8 nitrogen and oxygen atoms in total. The summed E-state index contributed by atoms with van der Waals surface area (Å²) < 4.78 is 25.3. The first-order chi connectivity index (χ1) is 13.9. The molecule has 0 unspecified atom stereocenters. The van der Waals surface area contributed by atoms with Crippen molar-refractivity contribution in [3.05, 3.63) is 66.4 Å². The fourth-order valence-corrected chi connectivity index (χ4v) is 4.02. The molecule has 0 radical (unpaired) electrons. The third-order valence-corrected chi connectivity index (χ3v) is 6.23. The molecule has 1 aliphatic rings. The van der Waals surface area contributed by atoms with Crippen LogP contribution in [0.15, 0.2) is 70.6 Å². The number of hydrogen-bond acceptors (Lipinski definition) is 7. The number of aromatic nitrogens is 2. The zero-order valence-corrected chi connectivity index (χ0v) is 16.2. The maximum Gasteiger partial charge on any atom is 0.254 e. The van der Waals surface area contributed by atoms with Crippen LogP contribution in [0.1, 0.15) is 23.2 Å².